The SMILES string of the molecule is O=C(O)C(Cc1ccc(F)cc1)Cc1ccccn1. The molecule has 2 aromatic rings. The molecule has 1 atom stereocenters. The summed E-state index contributed by atoms with van der Waals surface area (Å²) in [6.45, 7) is 0. The number of aliphatic carboxylic acids is 1. The number of carboxylic acids is 1. The summed E-state index contributed by atoms with van der Waals surface area (Å²) in [6, 6.07) is 11.3. The zero-order valence-corrected chi connectivity index (χ0v) is 10.3. The predicted molar refractivity (Wildman–Crippen MR) is 69.2 cm³/mol. The summed E-state index contributed by atoms with van der Waals surface area (Å²) in [4.78, 5) is 15.4. The Kier molecular flexibility index (Phi) is 4.23. The minimum absolute atomic E-state index is 0.319. The van der Waals surface area contributed by atoms with E-state index in [4.69, 9.17) is 0 Å². The molecular weight excluding hydrogens is 245 g/mol. The molecule has 1 aromatic carbocycles. The number of carboxylic acid groups (broad SMARTS) is 1. The molecule has 0 spiro atoms. The Balaban J connectivity index is 2.08. The summed E-state index contributed by atoms with van der Waals surface area (Å²) >= 11 is 0. The van der Waals surface area contributed by atoms with Crippen LogP contribution in [0.2, 0.25) is 0 Å². The number of carbonyl (C=O) groups is 1. The first-order valence-electron chi connectivity index (χ1n) is 6.02. The first kappa shape index (κ1) is 13.2. The van der Waals surface area contributed by atoms with Gasteiger partial charge in [-0.1, -0.05) is 18.2 Å². The lowest BCUT2D eigenvalue weighted by molar-refractivity contribution is -0.141. The van der Waals surface area contributed by atoms with Gasteiger partial charge in [-0.3, -0.25) is 9.78 Å². The Bertz CT molecular complexity index is 540. The van der Waals surface area contributed by atoms with E-state index in [0.29, 0.717) is 12.8 Å². The highest BCUT2D eigenvalue weighted by molar-refractivity contribution is 5.70. The van der Waals surface area contributed by atoms with Gasteiger partial charge in [-0.25, -0.2) is 4.39 Å². The van der Waals surface area contributed by atoms with Crippen molar-refractivity contribution < 1.29 is 14.3 Å². The van der Waals surface area contributed by atoms with Crippen molar-refractivity contribution in [2.75, 3.05) is 0 Å². The first-order valence-corrected chi connectivity index (χ1v) is 6.02. The molecule has 0 fully saturated rings. The van der Waals surface area contributed by atoms with E-state index in [9.17, 15) is 14.3 Å². The van der Waals surface area contributed by atoms with Crippen molar-refractivity contribution in [3.8, 4) is 0 Å². The predicted octanol–water partition coefficient (Wildman–Crippen LogP) is 2.71. The van der Waals surface area contributed by atoms with Crippen molar-refractivity contribution >= 4 is 5.97 Å². The molecule has 1 heterocycles. The van der Waals surface area contributed by atoms with E-state index in [0.717, 1.165) is 11.3 Å². The number of hydrogen-bond acceptors (Lipinski definition) is 2. The molecule has 0 bridgehead atoms. The summed E-state index contributed by atoms with van der Waals surface area (Å²) in [5, 5.41) is 9.25. The van der Waals surface area contributed by atoms with E-state index in [1.165, 1.54) is 12.1 Å². The van der Waals surface area contributed by atoms with Gasteiger partial charge < -0.3 is 5.11 Å². The van der Waals surface area contributed by atoms with E-state index in [2.05, 4.69) is 4.98 Å². The third-order valence-electron chi connectivity index (χ3n) is 2.93. The fourth-order valence-corrected chi connectivity index (χ4v) is 1.92. The van der Waals surface area contributed by atoms with Crippen LogP contribution in [0.25, 0.3) is 0 Å². The fourth-order valence-electron chi connectivity index (χ4n) is 1.92. The van der Waals surface area contributed by atoms with Crippen molar-refractivity contribution in [1.29, 1.82) is 0 Å². The molecule has 4 heteroatoms. The first-order chi connectivity index (χ1) is 9.15. The summed E-state index contributed by atoms with van der Waals surface area (Å²) in [5.41, 5.74) is 1.56. The lowest BCUT2D eigenvalue weighted by Crippen LogP contribution is -2.19. The number of nitrogens with zero attached hydrogens (tertiary/aromatic N) is 1. The second-order valence-electron chi connectivity index (χ2n) is 4.39. The Hall–Kier alpha value is -2.23. The maximum atomic E-state index is 12.8. The number of benzene rings is 1. The summed E-state index contributed by atoms with van der Waals surface area (Å²) in [7, 11) is 0. The smallest absolute Gasteiger partial charge is 0.307 e. The molecule has 98 valence electrons. The van der Waals surface area contributed by atoms with Crippen LogP contribution in [0.1, 0.15) is 11.3 Å². The van der Waals surface area contributed by atoms with Crippen molar-refractivity contribution in [2.24, 2.45) is 5.92 Å². The van der Waals surface area contributed by atoms with Crippen LogP contribution in [-0.4, -0.2) is 16.1 Å². The maximum absolute atomic E-state index is 12.8. The van der Waals surface area contributed by atoms with E-state index in [-0.39, 0.29) is 5.82 Å². The molecule has 0 saturated carbocycles. The minimum Gasteiger partial charge on any atom is -0.481 e. The van der Waals surface area contributed by atoms with Crippen LogP contribution in [0.5, 0.6) is 0 Å². The average molecular weight is 259 g/mol. The van der Waals surface area contributed by atoms with Gasteiger partial charge in [0.1, 0.15) is 5.82 Å². The molecular formula is C15H14FNO2. The Morgan fingerprint density at radius 2 is 1.89 bits per heavy atom. The van der Waals surface area contributed by atoms with Crippen LogP contribution >= 0.6 is 0 Å². The van der Waals surface area contributed by atoms with Gasteiger partial charge in [0.2, 0.25) is 0 Å². The van der Waals surface area contributed by atoms with Crippen LogP contribution in [0.15, 0.2) is 48.7 Å². The highest BCUT2D eigenvalue weighted by Gasteiger charge is 2.19. The van der Waals surface area contributed by atoms with Crippen molar-refractivity contribution in [3.05, 3.63) is 65.7 Å². The summed E-state index contributed by atoms with van der Waals surface area (Å²) < 4.78 is 12.8. The zero-order valence-electron chi connectivity index (χ0n) is 10.3. The third kappa shape index (κ3) is 3.88. The van der Waals surface area contributed by atoms with Gasteiger partial charge in [0.25, 0.3) is 0 Å². The Labute approximate surface area is 110 Å². The molecule has 19 heavy (non-hydrogen) atoms. The van der Waals surface area contributed by atoms with Crippen LogP contribution in [-0.2, 0) is 17.6 Å². The molecule has 1 unspecified atom stereocenters. The molecule has 0 aliphatic heterocycles. The van der Waals surface area contributed by atoms with Crippen LogP contribution in [0.4, 0.5) is 4.39 Å². The topological polar surface area (TPSA) is 50.2 Å². The Morgan fingerprint density at radius 3 is 2.47 bits per heavy atom. The second kappa shape index (κ2) is 6.09. The molecule has 1 N–H and O–H groups in total. The zero-order chi connectivity index (χ0) is 13.7. The normalized spacial score (nSPS) is 12.1. The molecule has 1 aromatic heterocycles. The molecule has 0 saturated heterocycles. The molecule has 0 aliphatic rings. The monoisotopic (exact) mass is 259 g/mol. The van der Waals surface area contributed by atoms with E-state index >= 15 is 0 Å². The Morgan fingerprint density at radius 1 is 1.16 bits per heavy atom. The second-order valence-corrected chi connectivity index (χ2v) is 4.39. The van der Waals surface area contributed by atoms with Gasteiger partial charge >= 0.3 is 5.97 Å². The summed E-state index contributed by atoms with van der Waals surface area (Å²) in [6.07, 6.45) is 2.38. The van der Waals surface area contributed by atoms with Gasteiger partial charge in [-0.05, 0) is 36.2 Å². The van der Waals surface area contributed by atoms with Crippen LogP contribution in [0, 0.1) is 11.7 Å². The largest absolute Gasteiger partial charge is 0.481 e. The van der Waals surface area contributed by atoms with Gasteiger partial charge in [0.05, 0.1) is 5.92 Å². The minimum atomic E-state index is -0.866. The van der Waals surface area contributed by atoms with E-state index in [1.54, 1.807) is 30.5 Å². The van der Waals surface area contributed by atoms with Gasteiger partial charge in [-0.2, -0.15) is 0 Å². The highest BCUT2D eigenvalue weighted by atomic mass is 19.1. The van der Waals surface area contributed by atoms with E-state index in [1.807, 2.05) is 6.07 Å². The van der Waals surface area contributed by atoms with Crippen molar-refractivity contribution in [2.45, 2.75) is 12.8 Å². The molecule has 3 nitrogen and oxygen atoms in total. The molecule has 0 radical (unpaired) electrons. The standard InChI is InChI=1S/C15H14FNO2/c16-13-6-4-11(5-7-13)9-12(15(18)19)10-14-3-1-2-8-17-14/h1-8,12H,9-10H2,(H,18,19). The van der Waals surface area contributed by atoms with E-state index < -0.39 is 11.9 Å². The third-order valence-corrected chi connectivity index (χ3v) is 2.93. The van der Waals surface area contributed by atoms with Gasteiger partial charge in [0.15, 0.2) is 0 Å². The molecule has 0 aliphatic carbocycles. The number of pyridine rings is 1. The number of halogens is 1. The number of hydrogen-bond donors (Lipinski definition) is 1. The maximum Gasteiger partial charge on any atom is 0.307 e. The van der Waals surface area contributed by atoms with Gasteiger partial charge in [-0.15, -0.1) is 0 Å². The lowest BCUT2D eigenvalue weighted by atomic mass is 9.94. The number of rotatable bonds is 5. The summed E-state index contributed by atoms with van der Waals surface area (Å²) in [5.74, 6) is -1.74. The van der Waals surface area contributed by atoms with Gasteiger partial charge in [0, 0.05) is 18.3 Å². The lowest BCUT2D eigenvalue weighted by Gasteiger charge is -2.12. The fraction of sp³-hybridized carbons (Fsp3) is 0.200. The van der Waals surface area contributed by atoms with Crippen LogP contribution < -0.4 is 0 Å². The highest BCUT2D eigenvalue weighted by Crippen LogP contribution is 2.14. The molecule has 0 amide bonds. The van der Waals surface area contributed by atoms with Crippen LogP contribution in [0.3, 0.4) is 0 Å². The average Bonchev–Trinajstić information content (AvgIpc) is 2.41. The quantitative estimate of drug-likeness (QED) is 0.898. The van der Waals surface area contributed by atoms with Crippen molar-refractivity contribution in [3.63, 3.8) is 0 Å². The van der Waals surface area contributed by atoms with Crippen molar-refractivity contribution in [1.82, 2.24) is 4.98 Å². The number of aromatic nitrogens is 1. The molecule has 2 rings (SSSR count).